The van der Waals surface area contributed by atoms with Gasteiger partial charge in [0, 0.05) is 18.2 Å². The molecule has 0 radical (unpaired) electrons. The van der Waals surface area contributed by atoms with Gasteiger partial charge in [-0.15, -0.1) is 0 Å². The van der Waals surface area contributed by atoms with Crippen LogP contribution in [0.4, 0.5) is 0 Å². The normalized spacial score (nSPS) is 40.1. The molecule has 0 saturated heterocycles. The van der Waals surface area contributed by atoms with Gasteiger partial charge in [-0.3, -0.25) is 0 Å². The highest BCUT2D eigenvalue weighted by molar-refractivity contribution is 7.80. The molecule has 5 aliphatic rings. The van der Waals surface area contributed by atoms with Crippen LogP contribution in [0, 0.1) is 23.2 Å². The summed E-state index contributed by atoms with van der Waals surface area (Å²) in [6.07, 6.45) is 8.98. The van der Waals surface area contributed by atoms with Crippen molar-refractivity contribution in [2.45, 2.75) is 58.0 Å². The minimum atomic E-state index is 0.556. The van der Waals surface area contributed by atoms with Crippen LogP contribution in [0.5, 0.6) is 0 Å². The molecule has 0 spiro atoms. The van der Waals surface area contributed by atoms with Crippen molar-refractivity contribution >= 4 is 17.2 Å². The van der Waals surface area contributed by atoms with Crippen molar-refractivity contribution in [1.82, 2.24) is 4.90 Å². The topological polar surface area (TPSA) is 3.24 Å². The first-order valence-corrected chi connectivity index (χ1v) is 9.44. The Bertz CT molecular complexity index is 599. The van der Waals surface area contributed by atoms with Crippen molar-refractivity contribution in [3.05, 3.63) is 35.4 Å². The first-order chi connectivity index (χ1) is 10.6. The van der Waals surface area contributed by atoms with Crippen molar-refractivity contribution < 1.29 is 0 Å². The molecule has 4 fully saturated rings. The van der Waals surface area contributed by atoms with Gasteiger partial charge in [-0.2, -0.15) is 0 Å². The SMILES string of the molecule is CC(N1Cc2ccccc2C1=S)C12CC3CC(CC(C3)C1)C2. The molecule has 1 aromatic rings. The maximum Gasteiger partial charge on any atom is 0.110 e. The summed E-state index contributed by atoms with van der Waals surface area (Å²) in [5.74, 6) is 3.06. The van der Waals surface area contributed by atoms with Crippen molar-refractivity contribution in [2.24, 2.45) is 23.2 Å². The molecule has 4 bridgehead atoms. The molecule has 0 aromatic heterocycles. The van der Waals surface area contributed by atoms with Gasteiger partial charge in [0.1, 0.15) is 4.99 Å². The Morgan fingerprint density at radius 1 is 1.05 bits per heavy atom. The maximum absolute atomic E-state index is 5.85. The minimum absolute atomic E-state index is 0.556. The number of hydrogen-bond acceptors (Lipinski definition) is 1. The summed E-state index contributed by atoms with van der Waals surface area (Å²) in [6, 6.07) is 9.36. The van der Waals surface area contributed by atoms with E-state index in [4.69, 9.17) is 12.2 Å². The average molecular weight is 311 g/mol. The largest absolute Gasteiger partial charge is 0.355 e. The fourth-order valence-electron chi connectivity index (χ4n) is 6.61. The lowest BCUT2D eigenvalue weighted by Crippen LogP contribution is -2.55. The Morgan fingerprint density at radius 2 is 1.64 bits per heavy atom. The second-order valence-electron chi connectivity index (χ2n) is 8.55. The van der Waals surface area contributed by atoms with E-state index in [1.165, 1.54) is 49.7 Å². The number of thiocarbonyl (C=S) groups is 1. The van der Waals surface area contributed by atoms with Crippen LogP contribution in [0.25, 0.3) is 0 Å². The number of fused-ring (bicyclic) bond motifs is 1. The molecule has 22 heavy (non-hydrogen) atoms. The zero-order valence-corrected chi connectivity index (χ0v) is 14.2. The van der Waals surface area contributed by atoms with Crippen LogP contribution in [-0.2, 0) is 6.54 Å². The highest BCUT2D eigenvalue weighted by atomic mass is 32.1. The molecule has 116 valence electrons. The standard InChI is InChI=1S/C20H25NS/c1-13(21-12-17-4-2-3-5-18(17)19(21)22)20-9-14-6-15(10-20)8-16(7-14)11-20/h2-5,13-16H,6-12H2,1H3. The highest BCUT2D eigenvalue weighted by Crippen LogP contribution is 2.62. The van der Waals surface area contributed by atoms with Gasteiger partial charge in [-0.25, -0.2) is 0 Å². The van der Waals surface area contributed by atoms with Gasteiger partial charge in [0.15, 0.2) is 0 Å². The molecule has 4 saturated carbocycles. The fraction of sp³-hybridized carbons (Fsp3) is 0.650. The average Bonchev–Trinajstić information content (AvgIpc) is 2.83. The predicted octanol–water partition coefficient (Wildman–Crippen LogP) is 4.78. The van der Waals surface area contributed by atoms with Crippen LogP contribution in [0.3, 0.4) is 0 Å². The first kappa shape index (κ1) is 13.5. The number of nitrogens with zero attached hydrogens (tertiary/aromatic N) is 1. The summed E-state index contributed by atoms with van der Waals surface area (Å²) in [6.45, 7) is 3.52. The van der Waals surface area contributed by atoms with Crippen LogP contribution in [0.1, 0.15) is 56.6 Å². The van der Waals surface area contributed by atoms with Crippen LogP contribution in [0.15, 0.2) is 24.3 Å². The Labute approximate surface area is 139 Å². The van der Waals surface area contributed by atoms with Gasteiger partial charge >= 0.3 is 0 Å². The molecule has 0 amide bonds. The van der Waals surface area contributed by atoms with E-state index >= 15 is 0 Å². The van der Waals surface area contributed by atoms with E-state index in [9.17, 15) is 0 Å². The monoisotopic (exact) mass is 311 g/mol. The van der Waals surface area contributed by atoms with Crippen LogP contribution >= 0.6 is 12.2 Å². The third-order valence-corrected chi connectivity index (χ3v) is 7.74. The fourth-order valence-corrected chi connectivity index (χ4v) is 7.03. The first-order valence-electron chi connectivity index (χ1n) is 9.03. The highest BCUT2D eigenvalue weighted by Gasteiger charge is 2.54. The molecular weight excluding hydrogens is 286 g/mol. The van der Waals surface area contributed by atoms with Crippen molar-refractivity contribution in [1.29, 1.82) is 0 Å². The third-order valence-electron chi connectivity index (χ3n) is 7.29. The molecule has 1 unspecified atom stereocenters. The van der Waals surface area contributed by atoms with E-state index in [0.717, 1.165) is 29.3 Å². The van der Waals surface area contributed by atoms with E-state index in [0.29, 0.717) is 11.5 Å². The quantitative estimate of drug-likeness (QED) is 0.723. The molecule has 6 rings (SSSR count). The Kier molecular flexibility index (Phi) is 2.81. The third kappa shape index (κ3) is 1.79. The zero-order valence-electron chi connectivity index (χ0n) is 13.4. The summed E-state index contributed by atoms with van der Waals surface area (Å²) in [5.41, 5.74) is 3.30. The minimum Gasteiger partial charge on any atom is -0.355 e. The summed E-state index contributed by atoms with van der Waals surface area (Å²) in [5, 5.41) is 0. The molecule has 1 atom stereocenters. The summed E-state index contributed by atoms with van der Waals surface area (Å²) in [7, 11) is 0. The Hall–Kier alpha value is -0.890. The lowest BCUT2D eigenvalue weighted by molar-refractivity contribution is -0.0857. The molecular formula is C20H25NS. The summed E-state index contributed by atoms with van der Waals surface area (Å²) in [4.78, 5) is 3.67. The van der Waals surface area contributed by atoms with Gasteiger partial charge in [-0.1, -0.05) is 36.5 Å². The molecule has 1 heterocycles. The number of rotatable bonds is 2. The second kappa shape index (κ2) is 4.56. The van der Waals surface area contributed by atoms with E-state index in [1.807, 2.05) is 0 Å². The second-order valence-corrected chi connectivity index (χ2v) is 8.93. The summed E-state index contributed by atoms with van der Waals surface area (Å²) < 4.78 is 0. The van der Waals surface area contributed by atoms with Crippen LogP contribution < -0.4 is 0 Å². The number of benzene rings is 1. The molecule has 4 aliphatic carbocycles. The van der Waals surface area contributed by atoms with Crippen LogP contribution in [0.2, 0.25) is 0 Å². The van der Waals surface area contributed by atoms with Gasteiger partial charge in [0.2, 0.25) is 0 Å². The van der Waals surface area contributed by atoms with E-state index in [2.05, 4.69) is 36.1 Å². The van der Waals surface area contributed by atoms with E-state index < -0.39 is 0 Å². The molecule has 0 N–H and O–H groups in total. The smallest absolute Gasteiger partial charge is 0.110 e. The lowest BCUT2D eigenvalue weighted by Gasteiger charge is -2.60. The molecule has 2 heteroatoms. The van der Waals surface area contributed by atoms with Gasteiger partial charge in [0.05, 0.1) is 0 Å². The molecule has 1 nitrogen and oxygen atoms in total. The Balaban J connectivity index is 1.46. The zero-order chi connectivity index (χ0) is 14.9. The summed E-state index contributed by atoms with van der Waals surface area (Å²) >= 11 is 5.85. The number of hydrogen-bond donors (Lipinski definition) is 0. The van der Waals surface area contributed by atoms with Gasteiger partial charge in [-0.05, 0) is 74.2 Å². The molecule has 1 aromatic carbocycles. The van der Waals surface area contributed by atoms with Crippen molar-refractivity contribution in [2.75, 3.05) is 0 Å². The van der Waals surface area contributed by atoms with E-state index in [-0.39, 0.29) is 0 Å². The maximum atomic E-state index is 5.85. The lowest BCUT2D eigenvalue weighted by atomic mass is 9.47. The van der Waals surface area contributed by atoms with Gasteiger partial charge in [0.25, 0.3) is 0 Å². The Morgan fingerprint density at radius 3 is 2.23 bits per heavy atom. The molecule has 1 aliphatic heterocycles. The van der Waals surface area contributed by atoms with Crippen molar-refractivity contribution in [3.63, 3.8) is 0 Å². The van der Waals surface area contributed by atoms with Crippen molar-refractivity contribution in [3.8, 4) is 0 Å². The predicted molar refractivity (Wildman–Crippen MR) is 93.8 cm³/mol. The van der Waals surface area contributed by atoms with Gasteiger partial charge < -0.3 is 4.90 Å². The van der Waals surface area contributed by atoms with Crippen LogP contribution in [-0.4, -0.2) is 15.9 Å². The van der Waals surface area contributed by atoms with E-state index in [1.54, 1.807) is 0 Å².